The Morgan fingerprint density at radius 2 is 1.50 bits per heavy atom. The third-order valence-electron chi connectivity index (χ3n) is 6.41. The van der Waals surface area contributed by atoms with Gasteiger partial charge < -0.3 is 0 Å². The van der Waals surface area contributed by atoms with Gasteiger partial charge in [0.15, 0.2) is 0 Å². The third-order valence-corrected chi connectivity index (χ3v) is 51.2. The fraction of sp³-hybridized carbons (Fsp3) is 0.579. The molecule has 6 aliphatic rings. The average Bonchev–Trinajstić information content (AvgIpc) is 3.59. The summed E-state index contributed by atoms with van der Waals surface area (Å²) in [5.41, 5.74) is 19.9. The van der Waals surface area contributed by atoms with Gasteiger partial charge in [0.05, 0.1) is 0 Å². The molecule has 3 fully saturated rings. The number of halogens is 6. The zero-order valence-electron chi connectivity index (χ0n) is 18.9. The van der Waals surface area contributed by atoms with E-state index in [0.29, 0.717) is 0 Å². The molecule has 7 nitrogen and oxygen atoms in total. The summed E-state index contributed by atoms with van der Waals surface area (Å²) in [5.74, 6) is 1.34. The minimum absolute atomic E-state index is 0.0878. The molecular weight excluding hydrogens is 1090 g/mol. The molecule has 0 saturated carbocycles. The van der Waals surface area contributed by atoms with E-state index in [1.165, 1.54) is 30.1 Å². The number of nitrogens with zero attached hydrogens (tertiary/aromatic N) is 3. The van der Waals surface area contributed by atoms with Gasteiger partial charge in [-0.15, -0.1) is 0 Å². The van der Waals surface area contributed by atoms with E-state index in [1.807, 2.05) is 3.58 Å². The molecule has 13 heteroatoms. The van der Waals surface area contributed by atoms with Crippen LogP contribution in [-0.4, -0.2) is 22.1 Å². The van der Waals surface area contributed by atoms with Crippen molar-refractivity contribution in [3.63, 3.8) is 0 Å². The molecule has 6 aliphatic heterocycles. The van der Waals surface area contributed by atoms with Crippen LogP contribution < -0.4 is 74.6 Å². The van der Waals surface area contributed by atoms with E-state index in [-0.39, 0.29) is 63.6 Å². The van der Waals surface area contributed by atoms with E-state index in [1.54, 1.807) is 12.9 Å². The summed E-state index contributed by atoms with van der Waals surface area (Å²) in [6.45, 7) is 11.6. The Labute approximate surface area is 234 Å². The summed E-state index contributed by atoms with van der Waals surface area (Å²) in [4.78, 5) is 0. The van der Waals surface area contributed by atoms with E-state index in [4.69, 9.17) is 11.5 Å². The topological polar surface area (TPSA) is 85.1 Å². The van der Waals surface area contributed by atoms with Crippen molar-refractivity contribution in [2.24, 2.45) is 11.5 Å². The summed E-state index contributed by atoms with van der Waals surface area (Å²) in [6, 6.07) is 0. The molecule has 0 aromatic carbocycles. The van der Waals surface area contributed by atoms with Crippen LogP contribution in [0.5, 0.6) is 0 Å². The Bertz CT molecular complexity index is 1050. The molecule has 0 aromatic rings. The van der Waals surface area contributed by atoms with Crippen LogP contribution in [0.4, 0.5) is 0 Å². The molecule has 6 rings (SSSR count). The van der Waals surface area contributed by atoms with E-state index < -0.39 is 48.4 Å². The number of nitrogens with two attached hydrogens (primary N) is 2. The first kappa shape index (κ1) is 24.4. The average molecular weight is 1120 g/mol. The first-order chi connectivity index (χ1) is 15.2. The van der Waals surface area contributed by atoms with Crippen molar-refractivity contribution in [2.45, 2.75) is 65.0 Å². The predicted octanol–water partition coefficient (Wildman–Crippen LogP) is -4.73. The van der Waals surface area contributed by atoms with Gasteiger partial charge in [0.25, 0.3) is 0 Å². The summed E-state index contributed by atoms with van der Waals surface area (Å²) < 4.78 is 13.8. The number of hydrogen-bond donors (Lipinski definition) is 4. The molecule has 1 unspecified atom stereocenters. The number of likely N-dealkylation sites (N-methyl/N-ethyl adjacent to an activating group) is 1. The van der Waals surface area contributed by atoms with Crippen molar-refractivity contribution in [1.82, 2.24) is 14.6 Å². The Balaban J connectivity index is 1.48. The molecule has 32 heavy (non-hydrogen) atoms. The molecule has 0 amide bonds. The minimum atomic E-state index is -1.27. The van der Waals surface area contributed by atoms with E-state index in [2.05, 4.69) is 56.3 Å². The van der Waals surface area contributed by atoms with E-state index in [0.717, 1.165) is 12.1 Å². The second kappa shape index (κ2) is 8.30. The monoisotopic (exact) mass is 1120 g/mol. The normalized spacial score (nSPS) is 29.1. The molecule has 1 atom stereocenters. The zero-order chi connectivity index (χ0) is 22.7. The molecule has 0 aliphatic carbocycles. The molecule has 0 aromatic heterocycles. The van der Waals surface area contributed by atoms with Crippen molar-refractivity contribution < 1.29 is 52.5 Å². The van der Waals surface area contributed by atoms with Crippen LogP contribution in [0.2, 0.25) is 0 Å². The van der Waals surface area contributed by atoms with Gasteiger partial charge in [0, 0.05) is 0 Å². The molecule has 0 radical (unpaired) electrons. The van der Waals surface area contributed by atoms with Crippen LogP contribution in [0, 0.1) is 0 Å². The van der Waals surface area contributed by atoms with Crippen LogP contribution in [0.25, 0.3) is 0 Å². The quantitative estimate of drug-likeness (QED) is 0.116. The maximum atomic E-state index is 7.15. The third kappa shape index (κ3) is 3.58. The van der Waals surface area contributed by atoms with Gasteiger partial charge in [-0.3, -0.25) is 0 Å². The van der Waals surface area contributed by atoms with Crippen LogP contribution in [0.3, 0.4) is 0 Å². The second-order valence-corrected chi connectivity index (χ2v) is 51.4. The van der Waals surface area contributed by atoms with Crippen LogP contribution >= 0.6 is 48.4 Å². The van der Waals surface area contributed by atoms with Crippen molar-refractivity contribution in [2.75, 3.05) is 7.05 Å². The molecule has 6 heterocycles. The number of allylic oxidation sites excluding steroid dienone is 2. The summed E-state index contributed by atoms with van der Waals surface area (Å²) >= 11 is -3.29. The zero-order valence-corrected chi connectivity index (χ0v) is 31.8. The number of nitrogens with one attached hydrogen (secondary N) is 2. The summed E-state index contributed by atoms with van der Waals surface area (Å²) in [6.07, 6.45) is 3.51. The first-order valence-electron chi connectivity index (χ1n) is 10.6. The molecule has 186 valence electrons. The number of fused-ring (bicyclic) bond motifs is 8. The fourth-order valence-corrected chi connectivity index (χ4v) is 63.9. The van der Waals surface area contributed by atoms with Crippen LogP contribution in [0.1, 0.15) is 53.9 Å². The first-order valence-corrected chi connectivity index (χ1v) is 38.5. The standard InChI is InChI=1S/C19H30I6N7/c1-7-9-19(5,28-6)16-13(27)15-14(30-22-25(16)30)11-10(23-20-31(15)23)12(26)17(32-21-24(11)32)29-18(3,4)8-2/h28-29H,7-9,26-27H2,1-6H3/q-3. The Morgan fingerprint density at radius 1 is 0.875 bits per heavy atom. The molecule has 6 N–H and O–H groups in total. The maximum absolute atomic E-state index is 7.15. The van der Waals surface area contributed by atoms with Crippen molar-refractivity contribution in [3.05, 3.63) is 39.3 Å². The predicted molar refractivity (Wildman–Crippen MR) is 144 cm³/mol. The van der Waals surface area contributed by atoms with Crippen LogP contribution in [-0.2, 0) is 0 Å². The van der Waals surface area contributed by atoms with Gasteiger partial charge in [-0.05, 0) is 0 Å². The molecule has 0 spiro atoms. The molecule has 3 saturated heterocycles. The summed E-state index contributed by atoms with van der Waals surface area (Å²) in [7, 11) is 2.14. The Morgan fingerprint density at radius 3 is 2.16 bits per heavy atom. The second-order valence-electron chi connectivity index (χ2n) is 9.06. The van der Waals surface area contributed by atoms with Gasteiger partial charge in [-0.25, -0.2) is 0 Å². The number of hydrogen-bond acceptors (Lipinski definition) is 7. The van der Waals surface area contributed by atoms with Crippen molar-refractivity contribution >= 4 is 48.4 Å². The van der Waals surface area contributed by atoms with Crippen molar-refractivity contribution in [3.8, 4) is 0 Å². The molecular formula is C19H30I6N7-3. The van der Waals surface area contributed by atoms with Gasteiger partial charge in [0.2, 0.25) is 0 Å². The van der Waals surface area contributed by atoms with Crippen molar-refractivity contribution in [1.29, 1.82) is 0 Å². The Kier molecular flexibility index (Phi) is 6.34. The molecule has 0 bridgehead atoms. The van der Waals surface area contributed by atoms with Gasteiger partial charge in [-0.1, -0.05) is 0 Å². The SMILES string of the molecule is CCCC(C)(NC)C1=C(N)C2=C(C3=C(C(N)=C(NC(C)(C)CC)N4[I-]I34)I3[I-]N23)N2[I-]I12. The van der Waals surface area contributed by atoms with E-state index in [9.17, 15) is 0 Å². The fourth-order valence-electron chi connectivity index (χ4n) is 4.05. The Hall–Kier alpha value is 2.10. The van der Waals surface area contributed by atoms with E-state index >= 15 is 0 Å². The van der Waals surface area contributed by atoms with Gasteiger partial charge in [0.1, 0.15) is 0 Å². The van der Waals surface area contributed by atoms with Crippen LogP contribution in [0.15, 0.2) is 39.3 Å². The van der Waals surface area contributed by atoms with Gasteiger partial charge in [-0.2, -0.15) is 0 Å². The summed E-state index contributed by atoms with van der Waals surface area (Å²) in [5, 5.41) is 7.59. The number of rotatable bonds is 7. The van der Waals surface area contributed by atoms with Gasteiger partial charge >= 0.3 is 238 Å².